The lowest BCUT2D eigenvalue weighted by Crippen LogP contribution is -2.57. The van der Waals surface area contributed by atoms with E-state index >= 15 is 0 Å². The van der Waals surface area contributed by atoms with E-state index in [-0.39, 0.29) is 0 Å². The quantitative estimate of drug-likeness (QED) is 0.709. The summed E-state index contributed by atoms with van der Waals surface area (Å²) in [5, 5.41) is 6.23. The molecule has 0 aromatic rings. The molecule has 0 spiro atoms. The molecule has 0 radical (unpaired) electrons. The fourth-order valence-electron chi connectivity index (χ4n) is 2.05. The second-order valence-corrected chi connectivity index (χ2v) is 5.18. The topological polar surface area (TPSA) is 27.3 Å². The molecule has 1 aliphatic heterocycles. The van der Waals surface area contributed by atoms with E-state index < -0.39 is 0 Å². The van der Waals surface area contributed by atoms with Gasteiger partial charge in [-0.05, 0) is 52.8 Å². The van der Waals surface area contributed by atoms with Crippen LogP contribution in [0.1, 0.15) is 47.0 Å². The van der Waals surface area contributed by atoms with Gasteiger partial charge < -0.3 is 5.32 Å². The van der Waals surface area contributed by atoms with Gasteiger partial charge in [0.15, 0.2) is 5.11 Å². The summed E-state index contributed by atoms with van der Waals surface area (Å²) in [6.45, 7) is 8.69. The number of nitrogens with zero attached hydrogens (tertiary/aromatic N) is 1. The van der Waals surface area contributed by atoms with E-state index in [1.165, 1.54) is 19.3 Å². The van der Waals surface area contributed by atoms with Crippen LogP contribution in [0.2, 0.25) is 0 Å². The van der Waals surface area contributed by atoms with Gasteiger partial charge in [-0.2, -0.15) is 0 Å². The van der Waals surface area contributed by atoms with Gasteiger partial charge in [0.1, 0.15) is 0 Å². The number of hydrogen-bond donors (Lipinski definition) is 2. The van der Waals surface area contributed by atoms with Gasteiger partial charge in [0.2, 0.25) is 0 Å². The van der Waals surface area contributed by atoms with Gasteiger partial charge in [-0.25, -0.2) is 5.01 Å². The molecule has 0 aromatic carbocycles. The zero-order valence-electron chi connectivity index (χ0n) is 10.2. The van der Waals surface area contributed by atoms with Crippen molar-refractivity contribution < 1.29 is 0 Å². The molecule has 88 valence electrons. The Morgan fingerprint density at radius 2 is 1.80 bits per heavy atom. The van der Waals surface area contributed by atoms with Crippen molar-refractivity contribution in [1.29, 1.82) is 0 Å². The summed E-state index contributed by atoms with van der Waals surface area (Å²) in [5.74, 6) is 0. The Balaban J connectivity index is 2.44. The maximum absolute atomic E-state index is 5.25. The van der Waals surface area contributed by atoms with Crippen LogP contribution in [0.15, 0.2) is 0 Å². The molecule has 1 fully saturated rings. The average molecular weight is 229 g/mol. The van der Waals surface area contributed by atoms with E-state index in [0.29, 0.717) is 18.1 Å². The van der Waals surface area contributed by atoms with E-state index in [4.69, 9.17) is 12.2 Å². The lowest BCUT2D eigenvalue weighted by Gasteiger charge is -2.39. The molecule has 2 N–H and O–H groups in total. The summed E-state index contributed by atoms with van der Waals surface area (Å²) in [5.41, 5.74) is 3.30. The molecule has 4 heteroatoms. The molecule has 2 atom stereocenters. The molecule has 1 saturated heterocycles. The lowest BCUT2D eigenvalue weighted by molar-refractivity contribution is 0.0734. The van der Waals surface area contributed by atoms with E-state index in [1.54, 1.807) is 0 Å². The van der Waals surface area contributed by atoms with Crippen molar-refractivity contribution >= 4 is 17.3 Å². The average Bonchev–Trinajstić information content (AvgIpc) is 2.10. The van der Waals surface area contributed by atoms with Crippen LogP contribution in [-0.4, -0.2) is 28.2 Å². The second-order valence-electron chi connectivity index (χ2n) is 4.78. The molecule has 1 heterocycles. The van der Waals surface area contributed by atoms with Crippen LogP contribution < -0.4 is 10.7 Å². The molecule has 0 bridgehead atoms. The third kappa shape index (κ3) is 3.95. The number of piperidine rings is 1. The molecular weight excluding hydrogens is 206 g/mol. The first kappa shape index (κ1) is 12.7. The Labute approximate surface area is 98.6 Å². The van der Waals surface area contributed by atoms with Gasteiger partial charge in [-0.1, -0.05) is 6.42 Å². The molecule has 0 aromatic heterocycles. The number of hydrazine groups is 1. The lowest BCUT2D eigenvalue weighted by atomic mass is 10.00. The molecule has 2 unspecified atom stereocenters. The predicted molar refractivity (Wildman–Crippen MR) is 68.6 cm³/mol. The van der Waals surface area contributed by atoms with E-state index in [2.05, 4.69) is 43.4 Å². The second kappa shape index (κ2) is 5.66. The monoisotopic (exact) mass is 229 g/mol. The first-order valence-electron chi connectivity index (χ1n) is 5.86. The third-order valence-electron chi connectivity index (χ3n) is 2.84. The van der Waals surface area contributed by atoms with Gasteiger partial charge in [0.05, 0.1) is 0 Å². The summed E-state index contributed by atoms with van der Waals surface area (Å²) < 4.78 is 0. The van der Waals surface area contributed by atoms with E-state index in [1.807, 2.05) is 0 Å². The number of nitrogens with one attached hydrogen (secondary N) is 2. The zero-order chi connectivity index (χ0) is 11.4. The normalized spacial score (nSPS) is 27.8. The zero-order valence-corrected chi connectivity index (χ0v) is 11.0. The highest BCUT2D eigenvalue weighted by atomic mass is 32.1. The summed E-state index contributed by atoms with van der Waals surface area (Å²) in [4.78, 5) is 0. The first-order valence-corrected chi connectivity index (χ1v) is 6.27. The summed E-state index contributed by atoms with van der Waals surface area (Å²) in [6.07, 6.45) is 3.83. The maximum Gasteiger partial charge on any atom is 0.181 e. The molecular formula is C11H23N3S. The maximum atomic E-state index is 5.25. The van der Waals surface area contributed by atoms with E-state index in [0.717, 1.165) is 5.11 Å². The van der Waals surface area contributed by atoms with E-state index in [9.17, 15) is 0 Å². The molecule has 3 nitrogen and oxygen atoms in total. The summed E-state index contributed by atoms with van der Waals surface area (Å²) in [6, 6.07) is 1.53. The number of rotatable bonds is 2. The molecule has 0 amide bonds. The smallest absolute Gasteiger partial charge is 0.181 e. The minimum atomic E-state index is 0.389. The van der Waals surface area contributed by atoms with Crippen molar-refractivity contribution in [2.45, 2.75) is 65.1 Å². The van der Waals surface area contributed by atoms with Crippen molar-refractivity contribution in [3.8, 4) is 0 Å². The van der Waals surface area contributed by atoms with Gasteiger partial charge in [0.25, 0.3) is 0 Å². The van der Waals surface area contributed by atoms with Crippen LogP contribution in [0.5, 0.6) is 0 Å². The highest BCUT2D eigenvalue weighted by Crippen LogP contribution is 2.19. The van der Waals surface area contributed by atoms with Gasteiger partial charge in [0, 0.05) is 18.1 Å². The number of thiocarbonyl (C=S) groups is 1. The molecule has 15 heavy (non-hydrogen) atoms. The number of hydrogen-bond acceptors (Lipinski definition) is 2. The molecule has 0 aliphatic carbocycles. The van der Waals surface area contributed by atoms with Crippen LogP contribution in [0.3, 0.4) is 0 Å². The van der Waals surface area contributed by atoms with Crippen molar-refractivity contribution in [1.82, 2.24) is 15.8 Å². The molecule has 1 rings (SSSR count). The molecule has 0 saturated carbocycles. The Kier molecular flexibility index (Phi) is 4.80. The Bertz CT molecular complexity index is 208. The highest BCUT2D eigenvalue weighted by Gasteiger charge is 2.25. The standard InChI is InChI=1S/C11H23N3S/c1-8(2)12-11(15)13-14-9(3)6-5-7-10(14)4/h8-10H,5-7H2,1-4H3,(H2,12,13,15). The van der Waals surface area contributed by atoms with Gasteiger partial charge >= 0.3 is 0 Å². The van der Waals surface area contributed by atoms with Crippen LogP contribution >= 0.6 is 12.2 Å². The first-order chi connectivity index (χ1) is 7.00. The Morgan fingerprint density at radius 3 is 2.27 bits per heavy atom. The van der Waals surface area contributed by atoms with Gasteiger partial charge in [-0.3, -0.25) is 5.43 Å². The van der Waals surface area contributed by atoms with Crippen molar-refractivity contribution in [2.24, 2.45) is 0 Å². The van der Waals surface area contributed by atoms with Crippen LogP contribution in [0, 0.1) is 0 Å². The van der Waals surface area contributed by atoms with Crippen molar-refractivity contribution in [2.75, 3.05) is 0 Å². The third-order valence-corrected chi connectivity index (χ3v) is 3.05. The van der Waals surface area contributed by atoms with Crippen LogP contribution in [0.25, 0.3) is 0 Å². The summed E-state index contributed by atoms with van der Waals surface area (Å²) in [7, 11) is 0. The predicted octanol–water partition coefficient (Wildman–Crippen LogP) is 2.04. The van der Waals surface area contributed by atoms with Crippen molar-refractivity contribution in [3.63, 3.8) is 0 Å². The van der Waals surface area contributed by atoms with Gasteiger partial charge in [-0.15, -0.1) is 0 Å². The Hall–Kier alpha value is -0.350. The molecule has 1 aliphatic rings. The minimum absolute atomic E-state index is 0.389. The van der Waals surface area contributed by atoms with Crippen LogP contribution in [0.4, 0.5) is 0 Å². The summed E-state index contributed by atoms with van der Waals surface area (Å²) >= 11 is 5.25. The highest BCUT2D eigenvalue weighted by molar-refractivity contribution is 7.80. The van der Waals surface area contributed by atoms with Crippen molar-refractivity contribution in [3.05, 3.63) is 0 Å². The van der Waals surface area contributed by atoms with Crippen LogP contribution in [-0.2, 0) is 0 Å². The fraction of sp³-hybridized carbons (Fsp3) is 0.909. The minimum Gasteiger partial charge on any atom is -0.359 e. The Morgan fingerprint density at radius 1 is 1.27 bits per heavy atom. The SMILES string of the molecule is CC(C)NC(=S)NN1C(C)CCCC1C. The largest absolute Gasteiger partial charge is 0.359 e. The fourth-order valence-corrected chi connectivity index (χ4v) is 2.39.